The second-order valence-corrected chi connectivity index (χ2v) is 5.84. The maximum atomic E-state index is 12.1. The summed E-state index contributed by atoms with van der Waals surface area (Å²) in [5.74, 6) is -1.44. The van der Waals surface area contributed by atoms with Gasteiger partial charge >= 0.3 is 0 Å². The molecule has 118 valence electrons. The van der Waals surface area contributed by atoms with Crippen LogP contribution in [0.15, 0.2) is 18.2 Å². The first-order valence-electron chi connectivity index (χ1n) is 6.98. The molecule has 7 nitrogen and oxygen atoms in total. The van der Waals surface area contributed by atoms with Crippen LogP contribution in [0.1, 0.15) is 37.2 Å². The molecule has 0 radical (unpaired) electrons. The minimum absolute atomic E-state index is 0.0626. The fourth-order valence-electron chi connectivity index (χ4n) is 3.03. The van der Waals surface area contributed by atoms with E-state index in [4.69, 9.17) is 11.6 Å². The first kappa shape index (κ1) is 16.4. The number of nitro groups is 2. The number of rotatable bonds is 5. The molecule has 0 N–H and O–H groups in total. The molecule has 2 rings (SSSR count). The number of carbonyl (C=O) groups excluding carboxylic acids is 1. The summed E-state index contributed by atoms with van der Waals surface area (Å²) in [5, 5.41) is 22.4. The summed E-state index contributed by atoms with van der Waals surface area (Å²) in [7, 11) is 0. The quantitative estimate of drug-likeness (QED) is 0.609. The first-order valence-corrected chi connectivity index (χ1v) is 7.36. The lowest BCUT2D eigenvalue weighted by Crippen LogP contribution is -2.30. The van der Waals surface area contributed by atoms with E-state index < -0.39 is 28.2 Å². The van der Waals surface area contributed by atoms with Crippen LogP contribution in [0, 0.1) is 26.1 Å². The van der Waals surface area contributed by atoms with Gasteiger partial charge in [-0.25, -0.2) is 0 Å². The first-order chi connectivity index (χ1) is 10.4. The van der Waals surface area contributed by atoms with Gasteiger partial charge in [0.1, 0.15) is 5.78 Å². The van der Waals surface area contributed by atoms with E-state index in [1.165, 1.54) is 18.2 Å². The normalized spacial score (nSPS) is 19.7. The van der Waals surface area contributed by atoms with Gasteiger partial charge in [0.15, 0.2) is 0 Å². The summed E-state index contributed by atoms with van der Waals surface area (Å²) in [5.41, 5.74) is -0.0518. The van der Waals surface area contributed by atoms with Crippen LogP contribution in [0.25, 0.3) is 0 Å². The van der Waals surface area contributed by atoms with Crippen molar-refractivity contribution in [2.45, 2.75) is 31.6 Å². The molecule has 0 unspecified atom stereocenters. The predicted octanol–water partition coefficient (Wildman–Crippen LogP) is 3.37. The van der Waals surface area contributed by atoms with Crippen LogP contribution in [0.5, 0.6) is 0 Å². The van der Waals surface area contributed by atoms with Crippen molar-refractivity contribution in [3.8, 4) is 0 Å². The Hall–Kier alpha value is -2.02. The zero-order chi connectivity index (χ0) is 16.3. The van der Waals surface area contributed by atoms with Gasteiger partial charge in [0, 0.05) is 33.9 Å². The minimum atomic E-state index is -0.818. The molecule has 22 heavy (non-hydrogen) atoms. The highest BCUT2D eigenvalue weighted by molar-refractivity contribution is 6.30. The lowest BCUT2D eigenvalue weighted by atomic mass is 9.75. The van der Waals surface area contributed by atoms with Gasteiger partial charge in [0.2, 0.25) is 6.54 Å². The van der Waals surface area contributed by atoms with Crippen molar-refractivity contribution in [2.24, 2.45) is 5.92 Å². The largest absolute Gasteiger partial charge is 0.299 e. The zero-order valence-electron chi connectivity index (χ0n) is 11.7. The van der Waals surface area contributed by atoms with Crippen molar-refractivity contribution in [2.75, 3.05) is 6.54 Å². The summed E-state index contributed by atoms with van der Waals surface area (Å²) in [4.78, 5) is 33.2. The van der Waals surface area contributed by atoms with Crippen molar-refractivity contribution in [1.82, 2.24) is 0 Å². The number of benzene rings is 1. The zero-order valence-corrected chi connectivity index (χ0v) is 12.5. The van der Waals surface area contributed by atoms with Gasteiger partial charge in [-0.1, -0.05) is 18.0 Å². The van der Waals surface area contributed by atoms with Gasteiger partial charge in [-0.15, -0.1) is 0 Å². The van der Waals surface area contributed by atoms with Crippen LogP contribution in [0.4, 0.5) is 5.69 Å². The van der Waals surface area contributed by atoms with E-state index in [9.17, 15) is 25.0 Å². The minimum Gasteiger partial charge on any atom is -0.299 e. The van der Waals surface area contributed by atoms with Crippen LogP contribution in [-0.2, 0) is 4.79 Å². The fourth-order valence-corrected chi connectivity index (χ4v) is 3.21. The molecule has 1 aliphatic carbocycles. The monoisotopic (exact) mass is 326 g/mol. The Morgan fingerprint density at radius 1 is 1.27 bits per heavy atom. The maximum Gasteiger partial charge on any atom is 0.273 e. The molecule has 0 spiro atoms. The maximum absolute atomic E-state index is 12.1. The molecule has 1 aromatic carbocycles. The van der Waals surface area contributed by atoms with E-state index in [1.807, 2.05) is 0 Å². The summed E-state index contributed by atoms with van der Waals surface area (Å²) >= 11 is 5.90. The van der Waals surface area contributed by atoms with Crippen molar-refractivity contribution in [3.05, 3.63) is 49.0 Å². The summed E-state index contributed by atoms with van der Waals surface area (Å²) in [6.45, 7) is -0.516. The molecule has 0 heterocycles. The number of nitro benzene ring substituents is 1. The second-order valence-electron chi connectivity index (χ2n) is 5.40. The number of nitrogens with zero attached hydrogens (tertiary/aromatic N) is 2. The number of Topliss-reactive ketones (excluding diaryl/α,β-unsaturated/α-hetero) is 1. The molecule has 0 saturated heterocycles. The van der Waals surface area contributed by atoms with Crippen LogP contribution < -0.4 is 0 Å². The third-order valence-corrected chi connectivity index (χ3v) is 4.25. The number of ketones is 1. The van der Waals surface area contributed by atoms with Crippen LogP contribution in [0.3, 0.4) is 0 Å². The van der Waals surface area contributed by atoms with Crippen molar-refractivity contribution < 1.29 is 14.6 Å². The van der Waals surface area contributed by atoms with E-state index >= 15 is 0 Å². The number of hydrogen-bond donors (Lipinski definition) is 0. The van der Waals surface area contributed by atoms with Crippen molar-refractivity contribution in [3.63, 3.8) is 0 Å². The molecule has 1 aromatic rings. The molecular weight excluding hydrogens is 312 g/mol. The van der Waals surface area contributed by atoms with Gasteiger partial charge in [-0.05, 0) is 25.0 Å². The van der Waals surface area contributed by atoms with E-state index in [2.05, 4.69) is 0 Å². The molecule has 0 aliphatic heterocycles. The molecule has 0 amide bonds. The summed E-state index contributed by atoms with van der Waals surface area (Å²) in [6, 6.07) is 3.97. The molecule has 0 bridgehead atoms. The fraction of sp³-hybridized carbons (Fsp3) is 0.500. The predicted molar refractivity (Wildman–Crippen MR) is 79.7 cm³/mol. The SMILES string of the molecule is O=C1CCCC[C@H]1[C@@H](C[N+](=O)[O-])c1cc(Cl)ccc1[N+](=O)[O-]. The number of halogens is 1. The highest BCUT2D eigenvalue weighted by Gasteiger charge is 2.38. The van der Waals surface area contributed by atoms with Crippen molar-refractivity contribution >= 4 is 23.1 Å². The van der Waals surface area contributed by atoms with Gasteiger partial charge in [-0.2, -0.15) is 0 Å². The second kappa shape index (κ2) is 6.83. The van der Waals surface area contributed by atoms with E-state index in [-0.39, 0.29) is 22.1 Å². The average molecular weight is 327 g/mol. The molecule has 8 heteroatoms. The molecule has 1 saturated carbocycles. The van der Waals surface area contributed by atoms with Crippen LogP contribution in [-0.4, -0.2) is 22.2 Å². The van der Waals surface area contributed by atoms with Gasteiger partial charge in [-0.3, -0.25) is 25.0 Å². The number of hydrogen-bond acceptors (Lipinski definition) is 5. The lowest BCUT2D eigenvalue weighted by Gasteiger charge is -2.26. The third-order valence-electron chi connectivity index (χ3n) is 4.02. The Labute approximate surface area is 131 Å². The van der Waals surface area contributed by atoms with Gasteiger partial charge < -0.3 is 0 Å². The lowest BCUT2D eigenvalue weighted by molar-refractivity contribution is -0.485. The molecule has 1 aliphatic rings. The molecule has 2 atom stereocenters. The molecule has 0 aromatic heterocycles. The topological polar surface area (TPSA) is 103 Å². The van der Waals surface area contributed by atoms with E-state index in [1.54, 1.807) is 0 Å². The van der Waals surface area contributed by atoms with E-state index in [0.717, 1.165) is 12.8 Å². The molecular formula is C14H15ClN2O5. The summed E-state index contributed by atoms with van der Waals surface area (Å²) in [6.07, 6.45) is 2.44. The van der Waals surface area contributed by atoms with Gasteiger partial charge in [0.25, 0.3) is 5.69 Å². The Bertz CT molecular complexity index is 619. The molecule has 1 fully saturated rings. The van der Waals surface area contributed by atoms with Crippen molar-refractivity contribution in [1.29, 1.82) is 0 Å². The third kappa shape index (κ3) is 3.59. The Kier molecular flexibility index (Phi) is 5.07. The average Bonchev–Trinajstić information content (AvgIpc) is 2.45. The van der Waals surface area contributed by atoms with E-state index in [0.29, 0.717) is 12.8 Å². The van der Waals surface area contributed by atoms with Gasteiger partial charge in [0.05, 0.1) is 10.8 Å². The Morgan fingerprint density at radius 2 is 2.00 bits per heavy atom. The highest BCUT2D eigenvalue weighted by Crippen LogP contribution is 2.39. The summed E-state index contributed by atoms with van der Waals surface area (Å²) < 4.78 is 0. The highest BCUT2D eigenvalue weighted by atomic mass is 35.5. The smallest absolute Gasteiger partial charge is 0.273 e. The number of carbonyl (C=O) groups is 1. The van der Waals surface area contributed by atoms with Crippen LogP contribution >= 0.6 is 11.6 Å². The van der Waals surface area contributed by atoms with Crippen LogP contribution in [0.2, 0.25) is 5.02 Å². The standard InChI is InChI=1S/C14H15ClN2O5/c15-9-5-6-13(17(21)22)11(7-9)12(8-16(19)20)10-3-1-2-4-14(10)18/h5-7,10,12H,1-4,8H2/t10-,12+/m0/s1. The Balaban J connectivity index is 2.49. The Morgan fingerprint density at radius 3 is 2.59 bits per heavy atom.